The zero-order valence-electron chi connectivity index (χ0n) is 11.1. The molecule has 0 spiro atoms. The summed E-state index contributed by atoms with van der Waals surface area (Å²) in [6.45, 7) is 10.3. The van der Waals surface area contributed by atoms with E-state index in [1.54, 1.807) is 0 Å². The molecule has 1 aromatic heterocycles. The lowest BCUT2D eigenvalue weighted by molar-refractivity contribution is 0.295. The van der Waals surface area contributed by atoms with Gasteiger partial charge in [-0.2, -0.15) is 0 Å². The van der Waals surface area contributed by atoms with Crippen molar-refractivity contribution >= 4 is 21.7 Å². The summed E-state index contributed by atoms with van der Waals surface area (Å²) in [4.78, 5) is 7.07. The third kappa shape index (κ3) is 2.65. The van der Waals surface area contributed by atoms with Gasteiger partial charge in [0, 0.05) is 23.3 Å². The van der Waals surface area contributed by atoms with Crippen molar-refractivity contribution in [3.05, 3.63) is 22.3 Å². The fourth-order valence-electron chi connectivity index (χ4n) is 2.83. The summed E-state index contributed by atoms with van der Waals surface area (Å²) in [7, 11) is 0. The molecule has 2 nitrogen and oxygen atoms in total. The van der Waals surface area contributed by atoms with Crippen molar-refractivity contribution in [3.63, 3.8) is 0 Å². The Morgan fingerprint density at radius 1 is 1.35 bits per heavy atom. The van der Waals surface area contributed by atoms with Gasteiger partial charge in [-0.15, -0.1) is 0 Å². The minimum Gasteiger partial charge on any atom is -0.353 e. The Morgan fingerprint density at radius 2 is 2.06 bits per heavy atom. The van der Waals surface area contributed by atoms with E-state index in [2.05, 4.69) is 59.6 Å². The van der Waals surface area contributed by atoms with E-state index in [-0.39, 0.29) is 0 Å². The number of aromatic nitrogens is 1. The number of piperidine rings is 1. The summed E-state index contributed by atoms with van der Waals surface area (Å²) in [5.41, 5.74) is 1.26. The Kier molecular flexibility index (Phi) is 3.76. The molecule has 0 N–H and O–H groups in total. The molecule has 1 aliphatic rings. The molecule has 0 radical (unpaired) electrons. The largest absolute Gasteiger partial charge is 0.353 e. The smallest absolute Gasteiger partial charge is 0.131 e. The first kappa shape index (κ1) is 12.9. The highest BCUT2D eigenvalue weighted by Gasteiger charge is 2.30. The van der Waals surface area contributed by atoms with Gasteiger partial charge in [-0.3, -0.25) is 0 Å². The molecule has 3 atom stereocenters. The van der Waals surface area contributed by atoms with Crippen LogP contribution in [0.15, 0.2) is 16.7 Å². The summed E-state index contributed by atoms with van der Waals surface area (Å²) in [5, 5.41) is 0. The van der Waals surface area contributed by atoms with Crippen molar-refractivity contribution in [1.82, 2.24) is 4.98 Å². The molecule has 3 unspecified atom stereocenters. The number of pyridine rings is 1. The SMILES string of the molecule is Cc1cc(Br)cnc1N1CC(C)CC(C)C1C. The quantitative estimate of drug-likeness (QED) is 0.778. The fourth-order valence-corrected chi connectivity index (χ4v) is 3.27. The third-order valence-electron chi connectivity index (χ3n) is 3.89. The van der Waals surface area contributed by atoms with Crippen LogP contribution in [0.4, 0.5) is 5.82 Å². The Bertz CT molecular complexity index is 405. The average molecular weight is 297 g/mol. The van der Waals surface area contributed by atoms with Gasteiger partial charge < -0.3 is 4.90 Å². The van der Waals surface area contributed by atoms with Crippen LogP contribution in [0, 0.1) is 18.8 Å². The predicted octanol–water partition coefficient (Wildman–Crippen LogP) is 4.02. The van der Waals surface area contributed by atoms with Crippen molar-refractivity contribution in [3.8, 4) is 0 Å². The summed E-state index contributed by atoms with van der Waals surface area (Å²) in [6, 6.07) is 2.73. The number of aryl methyl sites for hydroxylation is 1. The Morgan fingerprint density at radius 3 is 2.71 bits per heavy atom. The molecule has 3 heteroatoms. The second-order valence-corrected chi connectivity index (χ2v) is 6.42. The molecule has 2 rings (SSSR count). The van der Waals surface area contributed by atoms with Crippen molar-refractivity contribution in [2.75, 3.05) is 11.4 Å². The number of hydrogen-bond donors (Lipinski definition) is 0. The third-order valence-corrected chi connectivity index (χ3v) is 4.32. The van der Waals surface area contributed by atoms with E-state index >= 15 is 0 Å². The highest BCUT2D eigenvalue weighted by atomic mass is 79.9. The fraction of sp³-hybridized carbons (Fsp3) is 0.643. The van der Waals surface area contributed by atoms with E-state index in [4.69, 9.17) is 0 Å². The minimum absolute atomic E-state index is 0.582. The van der Waals surface area contributed by atoms with Crippen LogP contribution in [0.3, 0.4) is 0 Å². The Labute approximate surface area is 113 Å². The molecule has 94 valence electrons. The topological polar surface area (TPSA) is 16.1 Å². The maximum Gasteiger partial charge on any atom is 0.131 e. The molecule has 1 saturated heterocycles. The lowest BCUT2D eigenvalue weighted by Crippen LogP contribution is -2.46. The van der Waals surface area contributed by atoms with Gasteiger partial charge in [-0.25, -0.2) is 4.98 Å². The minimum atomic E-state index is 0.582. The number of nitrogens with zero attached hydrogens (tertiary/aromatic N) is 2. The Hall–Kier alpha value is -0.570. The monoisotopic (exact) mass is 296 g/mol. The van der Waals surface area contributed by atoms with Crippen molar-refractivity contribution < 1.29 is 0 Å². The lowest BCUT2D eigenvalue weighted by Gasteiger charge is -2.42. The van der Waals surface area contributed by atoms with Gasteiger partial charge in [0.25, 0.3) is 0 Å². The summed E-state index contributed by atoms with van der Waals surface area (Å²) >= 11 is 3.48. The van der Waals surface area contributed by atoms with Crippen molar-refractivity contribution in [2.24, 2.45) is 11.8 Å². The van der Waals surface area contributed by atoms with Gasteiger partial charge in [-0.1, -0.05) is 13.8 Å². The van der Waals surface area contributed by atoms with E-state index in [9.17, 15) is 0 Å². The number of rotatable bonds is 1. The molecular weight excluding hydrogens is 276 g/mol. The summed E-state index contributed by atoms with van der Waals surface area (Å²) in [6.07, 6.45) is 3.23. The predicted molar refractivity (Wildman–Crippen MR) is 76.4 cm³/mol. The Balaban J connectivity index is 2.31. The normalized spacial score (nSPS) is 29.5. The van der Waals surface area contributed by atoms with Gasteiger partial charge in [0.2, 0.25) is 0 Å². The second kappa shape index (κ2) is 4.97. The number of halogens is 1. The van der Waals surface area contributed by atoms with E-state index in [1.807, 2.05) is 6.20 Å². The highest BCUT2D eigenvalue weighted by Crippen LogP contribution is 2.32. The average Bonchev–Trinajstić information content (AvgIpc) is 2.24. The molecule has 0 bridgehead atoms. The molecule has 1 aliphatic heterocycles. The molecule has 0 aliphatic carbocycles. The molecule has 0 saturated carbocycles. The second-order valence-electron chi connectivity index (χ2n) is 5.51. The maximum absolute atomic E-state index is 4.60. The first-order chi connectivity index (χ1) is 7.99. The standard InChI is InChI=1S/C14H21BrN2/c1-9-5-10(2)12(4)17(8-9)14-11(3)6-13(15)7-16-14/h6-7,9-10,12H,5,8H2,1-4H3. The van der Waals surface area contributed by atoms with Crippen LogP contribution >= 0.6 is 15.9 Å². The van der Waals surface area contributed by atoms with E-state index in [0.717, 1.165) is 28.7 Å². The molecule has 1 fully saturated rings. The van der Waals surface area contributed by atoms with Crippen LogP contribution in [0.5, 0.6) is 0 Å². The van der Waals surface area contributed by atoms with Crippen molar-refractivity contribution in [1.29, 1.82) is 0 Å². The van der Waals surface area contributed by atoms with Gasteiger partial charge in [-0.05, 0) is 59.7 Å². The first-order valence-corrected chi connectivity index (χ1v) is 7.17. The van der Waals surface area contributed by atoms with Gasteiger partial charge in [0.15, 0.2) is 0 Å². The van der Waals surface area contributed by atoms with Crippen LogP contribution < -0.4 is 4.90 Å². The molecule has 0 aromatic carbocycles. The number of anilines is 1. The van der Waals surface area contributed by atoms with Crippen molar-refractivity contribution in [2.45, 2.75) is 40.2 Å². The van der Waals surface area contributed by atoms with E-state index in [0.29, 0.717) is 6.04 Å². The molecular formula is C14H21BrN2. The molecule has 0 amide bonds. The van der Waals surface area contributed by atoms with Crippen LogP contribution in [-0.4, -0.2) is 17.6 Å². The first-order valence-electron chi connectivity index (χ1n) is 6.37. The van der Waals surface area contributed by atoms with Crippen LogP contribution in [0.2, 0.25) is 0 Å². The van der Waals surface area contributed by atoms with Crippen LogP contribution in [0.25, 0.3) is 0 Å². The number of hydrogen-bond acceptors (Lipinski definition) is 2. The van der Waals surface area contributed by atoms with Gasteiger partial charge in [0.05, 0.1) is 0 Å². The summed E-state index contributed by atoms with van der Waals surface area (Å²) < 4.78 is 1.06. The van der Waals surface area contributed by atoms with Gasteiger partial charge >= 0.3 is 0 Å². The highest BCUT2D eigenvalue weighted by molar-refractivity contribution is 9.10. The van der Waals surface area contributed by atoms with Crippen LogP contribution in [0.1, 0.15) is 32.8 Å². The molecule has 2 heterocycles. The van der Waals surface area contributed by atoms with E-state index in [1.165, 1.54) is 12.0 Å². The molecule has 1 aromatic rings. The zero-order chi connectivity index (χ0) is 12.6. The lowest BCUT2D eigenvalue weighted by atomic mass is 9.86. The molecule has 17 heavy (non-hydrogen) atoms. The zero-order valence-corrected chi connectivity index (χ0v) is 12.7. The van der Waals surface area contributed by atoms with E-state index < -0.39 is 0 Å². The van der Waals surface area contributed by atoms with Crippen LogP contribution in [-0.2, 0) is 0 Å². The summed E-state index contributed by atoms with van der Waals surface area (Å²) in [5.74, 6) is 2.65. The maximum atomic E-state index is 4.60. The van der Waals surface area contributed by atoms with Gasteiger partial charge in [0.1, 0.15) is 5.82 Å².